The first-order valence-electron chi connectivity index (χ1n) is 14.3. The molecule has 1 atom stereocenters. The number of carbonyl (C=O) groups is 2. The zero-order valence-electron chi connectivity index (χ0n) is 25.7. The predicted octanol–water partition coefficient (Wildman–Crippen LogP) is 5.71. The highest BCUT2D eigenvalue weighted by molar-refractivity contribution is 6.32. The molecular formula is C31H35ClN6O7. The Morgan fingerprint density at radius 3 is 2.58 bits per heavy atom. The van der Waals surface area contributed by atoms with Gasteiger partial charge in [0.2, 0.25) is 11.8 Å². The molecule has 1 aliphatic rings. The minimum atomic E-state index is -0.570. The van der Waals surface area contributed by atoms with E-state index in [0.717, 1.165) is 12.8 Å². The van der Waals surface area contributed by atoms with Crippen LogP contribution in [-0.4, -0.2) is 75.7 Å². The summed E-state index contributed by atoms with van der Waals surface area (Å²) in [6, 6.07) is 8.34. The number of methoxy groups -OCH3 is 2. The van der Waals surface area contributed by atoms with Gasteiger partial charge in [0, 0.05) is 18.3 Å². The molecule has 45 heavy (non-hydrogen) atoms. The van der Waals surface area contributed by atoms with Crippen LogP contribution in [-0.2, 0) is 16.1 Å². The summed E-state index contributed by atoms with van der Waals surface area (Å²) in [5.41, 5.74) is 0.537. The molecule has 0 saturated carbocycles. The number of carbonyl (C=O) groups excluding carboxylic acids is 2. The highest BCUT2D eigenvalue weighted by atomic mass is 35.5. The molecule has 0 bridgehead atoms. The van der Waals surface area contributed by atoms with Gasteiger partial charge < -0.3 is 33.9 Å². The molecule has 5 rings (SSSR count). The molecule has 13 nitrogen and oxygen atoms in total. The van der Waals surface area contributed by atoms with E-state index in [2.05, 4.69) is 20.4 Å². The second kappa shape index (κ2) is 13.5. The highest BCUT2D eigenvalue weighted by Gasteiger charge is 2.32. The predicted molar refractivity (Wildman–Crippen MR) is 166 cm³/mol. The zero-order chi connectivity index (χ0) is 32.1. The third-order valence-corrected chi connectivity index (χ3v) is 7.18. The van der Waals surface area contributed by atoms with Crippen LogP contribution in [0.1, 0.15) is 33.6 Å². The van der Waals surface area contributed by atoms with Gasteiger partial charge in [-0.15, -0.1) is 0 Å². The largest absolute Gasteiger partial charge is 0.493 e. The molecule has 1 fully saturated rings. The molecule has 4 aromatic rings. The number of nitrogens with one attached hydrogen (secondary N) is 1. The summed E-state index contributed by atoms with van der Waals surface area (Å²) >= 11 is 6.46. The second-order valence-corrected chi connectivity index (χ2v) is 11.8. The van der Waals surface area contributed by atoms with E-state index < -0.39 is 5.60 Å². The van der Waals surface area contributed by atoms with Crippen LogP contribution in [0.25, 0.3) is 10.9 Å². The molecule has 238 valence electrons. The molecule has 1 N–H and O–H groups in total. The minimum Gasteiger partial charge on any atom is -0.493 e. The summed E-state index contributed by atoms with van der Waals surface area (Å²) in [5.74, 6) is 1.86. The van der Waals surface area contributed by atoms with Gasteiger partial charge in [0.25, 0.3) is 0 Å². The van der Waals surface area contributed by atoms with Gasteiger partial charge in [0.1, 0.15) is 30.8 Å². The first-order chi connectivity index (χ1) is 21.5. The van der Waals surface area contributed by atoms with Gasteiger partial charge in [0.05, 0.1) is 48.6 Å². The summed E-state index contributed by atoms with van der Waals surface area (Å²) in [6.45, 7) is 6.35. The smallest absolute Gasteiger partial charge is 0.410 e. The molecule has 2 aromatic carbocycles. The van der Waals surface area contributed by atoms with Gasteiger partial charge in [-0.05, 0) is 57.9 Å². The fraction of sp³-hybridized carbons (Fsp3) is 0.387. The molecule has 3 heterocycles. The third kappa shape index (κ3) is 7.85. The Morgan fingerprint density at radius 2 is 1.84 bits per heavy atom. The van der Waals surface area contributed by atoms with Crippen LogP contribution >= 0.6 is 11.6 Å². The molecule has 1 aliphatic heterocycles. The topological polar surface area (TPSA) is 139 Å². The van der Waals surface area contributed by atoms with E-state index in [9.17, 15) is 9.59 Å². The summed E-state index contributed by atoms with van der Waals surface area (Å²) in [6.07, 6.45) is 5.79. The number of halogens is 1. The van der Waals surface area contributed by atoms with Crippen LogP contribution in [0.5, 0.6) is 28.9 Å². The lowest BCUT2D eigenvalue weighted by Crippen LogP contribution is -2.42. The molecule has 2 amide bonds. The van der Waals surface area contributed by atoms with Crippen molar-refractivity contribution in [3.8, 4) is 28.9 Å². The van der Waals surface area contributed by atoms with Crippen molar-refractivity contribution >= 4 is 40.2 Å². The van der Waals surface area contributed by atoms with Crippen LogP contribution in [0, 0.1) is 0 Å². The van der Waals surface area contributed by atoms with Crippen molar-refractivity contribution in [2.75, 3.05) is 32.7 Å². The standard InChI is InChI=1S/C31H35ClN6O7/c1-31(2,3)45-30(40)38-10-6-7-20(38)17-43-25-9-8-19(11-23(25)32)36-28(39)16-37-15-21(14-35-37)44-29-22-12-26(41-4)27(42-5)13-24(22)33-18-34-29/h8-9,11-15,18,20H,6-7,10,16-17H2,1-5H3,(H,36,39). The summed E-state index contributed by atoms with van der Waals surface area (Å²) in [4.78, 5) is 35.5. The van der Waals surface area contributed by atoms with Gasteiger partial charge in [-0.2, -0.15) is 5.10 Å². The van der Waals surface area contributed by atoms with Crippen molar-refractivity contribution in [2.45, 2.75) is 51.8 Å². The van der Waals surface area contributed by atoms with E-state index in [1.165, 1.54) is 17.2 Å². The monoisotopic (exact) mass is 638 g/mol. The average Bonchev–Trinajstić information content (AvgIpc) is 3.64. The summed E-state index contributed by atoms with van der Waals surface area (Å²) < 4.78 is 29.6. The number of fused-ring (bicyclic) bond motifs is 1. The van der Waals surface area contributed by atoms with E-state index in [1.807, 2.05) is 20.8 Å². The van der Waals surface area contributed by atoms with Crippen LogP contribution in [0.3, 0.4) is 0 Å². The van der Waals surface area contributed by atoms with E-state index in [4.69, 9.17) is 35.3 Å². The molecule has 0 radical (unpaired) electrons. The number of hydrogen-bond acceptors (Lipinski definition) is 10. The second-order valence-electron chi connectivity index (χ2n) is 11.4. The fourth-order valence-corrected chi connectivity index (χ4v) is 5.07. The lowest BCUT2D eigenvalue weighted by Gasteiger charge is -2.28. The maximum atomic E-state index is 12.8. The van der Waals surface area contributed by atoms with Gasteiger partial charge >= 0.3 is 6.09 Å². The van der Waals surface area contributed by atoms with Gasteiger partial charge in [-0.1, -0.05) is 11.6 Å². The number of nitrogens with zero attached hydrogens (tertiary/aromatic N) is 5. The molecule has 0 spiro atoms. The molecular weight excluding hydrogens is 604 g/mol. The maximum Gasteiger partial charge on any atom is 0.410 e. The number of anilines is 1. The van der Waals surface area contributed by atoms with E-state index in [1.54, 1.807) is 55.6 Å². The number of hydrogen-bond donors (Lipinski definition) is 1. The highest BCUT2D eigenvalue weighted by Crippen LogP contribution is 2.36. The van der Waals surface area contributed by atoms with Gasteiger partial charge in [-0.3, -0.25) is 9.48 Å². The SMILES string of the molecule is COc1cc2ncnc(Oc3cnn(CC(=O)Nc4ccc(OCC5CCCN5C(=O)OC(C)(C)C)c(Cl)c4)c3)c2cc1OC. The molecule has 2 aromatic heterocycles. The van der Waals surface area contributed by atoms with Crippen molar-refractivity contribution in [1.82, 2.24) is 24.6 Å². The summed E-state index contributed by atoms with van der Waals surface area (Å²) in [5, 5.41) is 7.98. The normalized spacial score (nSPS) is 14.7. The number of likely N-dealkylation sites (tertiary alicyclic amines) is 1. The fourth-order valence-electron chi connectivity index (χ4n) is 4.84. The van der Waals surface area contributed by atoms with E-state index in [0.29, 0.717) is 57.0 Å². The lowest BCUT2D eigenvalue weighted by atomic mass is 10.2. The summed E-state index contributed by atoms with van der Waals surface area (Å²) in [7, 11) is 3.09. The Balaban J connectivity index is 1.16. The molecule has 1 saturated heterocycles. The van der Waals surface area contributed by atoms with E-state index in [-0.39, 0.29) is 31.2 Å². The van der Waals surface area contributed by atoms with Crippen molar-refractivity contribution in [3.05, 3.63) is 54.1 Å². The van der Waals surface area contributed by atoms with Crippen LogP contribution in [0.4, 0.5) is 10.5 Å². The number of benzene rings is 2. The Kier molecular flexibility index (Phi) is 9.47. The first kappa shape index (κ1) is 31.6. The van der Waals surface area contributed by atoms with Crippen molar-refractivity contribution in [1.29, 1.82) is 0 Å². The third-order valence-electron chi connectivity index (χ3n) is 6.89. The number of amides is 2. The van der Waals surface area contributed by atoms with Crippen LogP contribution < -0.4 is 24.3 Å². The molecule has 14 heteroatoms. The van der Waals surface area contributed by atoms with Gasteiger partial charge in [0.15, 0.2) is 17.2 Å². The molecule has 1 unspecified atom stereocenters. The Morgan fingerprint density at radius 1 is 1.07 bits per heavy atom. The van der Waals surface area contributed by atoms with Crippen molar-refractivity contribution in [2.24, 2.45) is 0 Å². The van der Waals surface area contributed by atoms with Crippen LogP contribution in [0.15, 0.2) is 49.1 Å². The Labute approximate surface area is 265 Å². The number of ether oxygens (including phenoxy) is 5. The van der Waals surface area contributed by atoms with Crippen molar-refractivity contribution < 1.29 is 33.3 Å². The van der Waals surface area contributed by atoms with Gasteiger partial charge in [-0.25, -0.2) is 14.8 Å². The Bertz CT molecular complexity index is 1690. The van der Waals surface area contributed by atoms with Crippen LogP contribution in [0.2, 0.25) is 5.02 Å². The van der Waals surface area contributed by atoms with Crippen molar-refractivity contribution in [3.63, 3.8) is 0 Å². The molecule has 0 aliphatic carbocycles. The lowest BCUT2D eigenvalue weighted by molar-refractivity contribution is -0.116. The quantitative estimate of drug-likeness (QED) is 0.230. The average molecular weight is 639 g/mol. The maximum absolute atomic E-state index is 12.8. The minimum absolute atomic E-state index is 0.0725. The number of rotatable bonds is 10. The number of aromatic nitrogens is 4. The zero-order valence-corrected chi connectivity index (χ0v) is 26.5. The Hall–Kier alpha value is -4.78. The van der Waals surface area contributed by atoms with E-state index >= 15 is 0 Å². The first-order valence-corrected chi connectivity index (χ1v) is 14.7.